The lowest BCUT2D eigenvalue weighted by molar-refractivity contribution is 0.213. The molecule has 3 aromatic rings. The molecule has 1 unspecified atom stereocenters. The number of fused-ring (bicyclic) bond motifs is 1. The van der Waals surface area contributed by atoms with Crippen molar-refractivity contribution >= 4 is 11.6 Å². The first-order valence-corrected chi connectivity index (χ1v) is 9.33. The maximum Gasteiger partial charge on any atom is 0.274 e. The highest BCUT2D eigenvalue weighted by molar-refractivity contribution is 6.32. The van der Waals surface area contributed by atoms with Gasteiger partial charge in [-0.15, -0.1) is 0 Å². The molecule has 1 aromatic heterocycles. The Balaban J connectivity index is 1.58. The average Bonchev–Trinajstić information content (AvgIpc) is 2.99. The Labute approximate surface area is 158 Å². The number of aromatic amines is 1. The minimum Gasteiger partial charge on any atom is -0.299 e. The third kappa shape index (κ3) is 3.22. The van der Waals surface area contributed by atoms with Crippen molar-refractivity contribution in [2.45, 2.75) is 31.8 Å². The summed E-state index contributed by atoms with van der Waals surface area (Å²) < 4.78 is 1.59. The average molecular weight is 368 g/mol. The van der Waals surface area contributed by atoms with Gasteiger partial charge in [0, 0.05) is 23.8 Å². The molecule has 0 bridgehead atoms. The van der Waals surface area contributed by atoms with Crippen LogP contribution in [0.2, 0.25) is 5.02 Å². The summed E-state index contributed by atoms with van der Waals surface area (Å²) in [6.45, 7) is 0.893. The maximum atomic E-state index is 12.9. The summed E-state index contributed by atoms with van der Waals surface area (Å²) in [5.74, 6) is 0. The lowest BCUT2D eigenvalue weighted by Crippen LogP contribution is -2.37. The largest absolute Gasteiger partial charge is 0.299 e. The van der Waals surface area contributed by atoms with E-state index in [4.69, 9.17) is 11.6 Å². The van der Waals surface area contributed by atoms with Crippen molar-refractivity contribution in [3.8, 4) is 5.69 Å². The third-order valence-corrected chi connectivity index (χ3v) is 5.55. The predicted molar refractivity (Wildman–Crippen MR) is 105 cm³/mol. The van der Waals surface area contributed by atoms with Crippen LogP contribution in [0.5, 0.6) is 0 Å². The highest BCUT2D eigenvalue weighted by Gasteiger charge is 2.27. The normalized spacial score (nSPS) is 16.7. The fourth-order valence-corrected chi connectivity index (χ4v) is 3.98. The summed E-state index contributed by atoms with van der Waals surface area (Å²) in [6, 6.07) is 18.3. The number of nitrogens with one attached hydrogen (secondary N) is 1. The Hall–Kier alpha value is -2.30. The second kappa shape index (κ2) is 7.14. The van der Waals surface area contributed by atoms with E-state index in [1.807, 2.05) is 24.3 Å². The predicted octanol–water partition coefficient (Wildman–Crippen LogP) is 3.81. The number of nitrogens with zero attached hydrogens (tertiary/aromatic N) is 2. The van der Waals surface area contributed by atoms with E-state index in [0.29, 0.717) is 16.8 Å². The number of rotatable bonds is 4. The van der Waals surface area contributed by atoms with Crippen molar-refractivity contribution in [1.29, 1.82) is 0 Å². The van der Waals surface area contributed by atoms with E-state index in [1.165, 1.54) is 5.56 Å². The van der Waals surface area contributed by atoms with Crippen LogP contribution in [0, 0.1) is 0 Å². The number of para-hydroxylation sites is 1. The zero-order chi connectivity index (χ0) is 18.1. The standard InChI is InChI=1S/C21H22ClN3O/c1-24(14-15-7-3-2-4-8-15)16-11-12-19-17(13-16)21(26)25(23-19)20-10-6-5-9-18(20)22/h2-10,16,23H,11-14H2,1H3. The molecule has 1 heterocycles. The molecule has 1 aliphatic rings. The molecule has 0 saturated heterocycles. The quantitative estimate of drug-likeness (QED) is 0.761. The summed E-state index contributed by atoms with van der Waals surface area (Å²) >= 11 is 6.28. The van der Waals surface area contributed by atoms with Gasteiger partial charge in [0.25, 0.3) is 5.56 Å². The van der Waals surface area contributed by atoms with Crippen LogP contribution in [0.25, 0.3) is 5.69 Å². The summed E-state index contributed by atoms with van der Waals surface area (Å²) in [7, 11) is 2.14. The molecule has 1 atom stereocenters. The van der Waals surface area contributed by atoms with Gasteiger partial charge in [0.15, 0.2) is 0 Å². The van der Waals surface area contributed by atoms with Gasteiger partial charge in [-0.1, -0.05) is 54.1 Å². The van der Waals surface area contributed by atoms with E-state index >= 15 is 0 Å². The Morgan fingerprint density at radius 2 is 1.88 bits per heavy atom. The number of hydrogen-bond acceptors (Lipinski definition) is 2. The zero-order valence-electron chi connectivity index (χ0n) is 14.8. The lowest BCUT2D eigenvalue weighted by atomic mass is 9.92. The molecule has 134 valence electrons. The van der Waals surface area contributed by atoms with Crippen LogP contribution in [0.4, 0.5) is 0 Å². The molecule has 26 heavy (non-hydrogen) atoms. The van der Waals surface area contributed by atoms with Crippen LogP contribution >= 0.6 is 11.6 Å². The Bertz CT molecular complexity index is 961. The molecule has 0 fully saturated rings. The minimum atomic E-state index is 0.0194. The monoisotopic (exact) mass is 367 g/mol. The van der Waals surface area contributed by atoms with Gasteiger partial charge < -0.3 is 0 Å². The molecule has 0 saturated carbocycles. The van der Waals surface area contributed by atoms with E-state index in [0.717, 1.165) is 37.1 Å². The summed E-state index contributed by atoms with van der Waals surface area (Å²) in [5, 5.41) is 3.84. The van der Waals surface area contributed by atoms with Gasteiger partial charge in [0.05, 0.1) is 10.7 Å². The molecule has 0 amide bonds. The Kier molecular flexibility index (Phi) is 4.70. The van der Waals surface area contributed by atoms with Gasteiger partial charge in [-0.3, -0.25) is 14.8 Å². The topological polar surface area (TPSA) is 41.0 Å². The van der Waals surface area contributed by atoms with Gasteiger partial charge in [0.1, 0.15) is 0 Å². The number of aromatic nitrogens is 2. The van der Waals surface area contributed by atoms with Gasteiger partial charge in [0.2, 0.25) is 0 Å². The lowest BCUT2D eigenvalue weighted by Gasteiger charge is -2.30. The highest BCUT2D eigenvalue weighted by atomic mass is 35.5. The van der Waals surface area contributed by atoms with Gasteiger partial charge in [-0.2, -0.15) is 0 Å². The van der Waals surface area contributed by atoms with Crippen LogP contribution < -0.4 is 5.56 Å². The molecular formula is C21H22ClN3O. The summed E-state index contributed by atoms with van der Waals surface area (Å²) in [5.41, 5.74) is 3.96. The smallest absolute Gasteiger partial charge is 0.274 e. The van der Waals surface area contributed by atoms with Gasteiger partial charge in [-0.05, 0) is 44.0 Å². The molecule has 1 N–H and O–H groups in total. The summed E-state index contributed by atoms with van der Waals surface area (Å²) in [4.78, 5) is 15.3. The molecule has 0 radical (unpaired) electrons. The molecule has 2 aromatic carbocycles. The molecular weight excluding hydrogens is 346 g/mol. The fourth-order valence-electron chi connectivity index (χ4n) is 3.76. The van der Waals surface area contributed by atoms with Crippen molar-refractivity contribution in [3.63, 3.8) is 0 Å². The molecule has 0 aliphatic heterocycles. The number of hydrogen-bond donors (Lipinski definition) is 1. The Morgan fingerprint density at radius 3 is 2.65 bits per heavy atom. The van der Waals surface area contributed by atoms with E-state index in [2.05, 4.69) is 41.3 Å². The number of halogens is 1. The van der Waals surface area contributed by atoms with Crippen molar-refractivity contribution in [3.05, 3.63) is 86.8 Å². The van der Waals surface area contributed by atoms with Crippen LogP contribution in [0.15, 0.2) is 59.4 Å². The summed E-state index contributed by atoms with van der Waals surface area (Å²) in [6.07, 6.45) is 2.69. The van der Waals surface area contributed by atoms with Crippen molar-refractivity contribution in [1.82, 2.24) is 14.7 Å². The number of benzene rings is 2. The second-order valence-electron chi connectivity index (χ2n) is 6.96. The van der Waals surface area contributed by atoms with E-state index in [-0.39, 0.29) is 5.56 Å². The number of likely N-dealkylation sites (N-methyl/N-ethyl adjacent to an activating group) is 1. The second-order valence-corrected chi connectivity index (χ2v) is 7.37. The molecule has 4 rings (SSSR count). The van der Waals surface area contributed by atoms with Crippen molar-refractivity contribution in [2.24, 2.45) is 0 Å². The highest BCUT2D eigenvalue weighted by Crippen LogP contribution is 2.24. The van der Waals surface area contributed by atoms with Crippen LogP contribution in [0.3, 0.4) is 0 Å². The van der Waals surface area contributed by atoms with E-state index in [1.54, 1.807) is 10.7 Å². The van der Waals surface area contributed by atoms with E-state index in [9.17, 15) is 4.79 Å². The molecule has 0 spiro atoms. The molecule has 1 aliphatic carbocycles. The van der Waals surface area contributed by atoms with Gasteiger partial charge >= 0.3 is 0 Å². The maximum absolute atomic E-state index is 12.9. The number of H-pyrrole nitrogens is 1. The van der Waals surface area contributed by atoms with Crippen LogP contribution in [-0.4, -0.2) is 27.8 Å². The molecule has 4 nitrogen and oxygen atoms in total. The first-order chi connectivity index (χ1) is 12.6. The van der Waals surface area contributed by atoms with E-state index < -0.39 is 0 Å². The third-order valence-electron chi connectivity index (χ3n) is 5.23. The van der Waals surface area contributed by atoms with Crippen molar-refractivity contribution in [2.75, 3.05) is 7.05 Å². The van der Waals surface area contributed by atoms with Crippen LogP contribution in [-0.2, 0) is 19.4 Å². The Morgan fingerprint density at radius 1 is 1.15 bits per heavy atom. The first-order valence-electron chi connectivity index (χ1n) is 8.95. The zero-order valence-corrected chi connectivity index (χ0v) is 15.5. The molecule has 5 heteroatoms. The van der Waals surface area contributed by atoms with Crippen molar-refractivity contribution < 1.29 is 0 Å². The SMILES string of the molecule is CN(Cc1ccccc1)C1CCc2[nH]n(-c3ccccc3Cl)c(=O)c2C1. The van der Waals surface area contributed by atoms with Crippen LogP contribution in [0.1, 0.15) is 23.2 Å². The fraction of sp³-hybridized carbons (Fsp3) is 0.286. The number of aryl methyl sites for hydroxylation is 1. The minimum absolute atomic E-state index is 0.0194. The van der Waals surface area contributed by atoms with Gasteiger partial charge in [-0.25, -0.2) is 4.68 Å². The first kappa shape index (κ1) is 17.1.